The van der Waals surface area contributed by atoms with Gasteiger partial charge >= 0.3 is 0 Å². The number of benzene rings is 1. The zero-order valence-electron chi connectivity index (χ0n) is 11.4. The number of rotatable bonds is 2. The fourth-order valence-corrected chi connectivity index (χ4v) is 2.37. The minimum Gasteiger partial charge on any atom is -0.310 e. The van der Waals surface area contributed by atoms with Crippen molar-refractivity contribution in [1.29, 1.82) is 0 Å². The summed E-state index contributed by atoms with van der Waals surface area (Å²) in [5.41, 5.74) is 4.54. The molecule has 1 atom stereocenters. The van der Waals surface area contributed by atoms with Gasteiger partial charge in [0.15, 0.2) is 0 Å². The Kier molecular flexibility index (Phi) is 3.55. The number of aryl methyl sites for hydroxylation is 1. The summed E-state index contributed by atoms with van der Waals surface area (Å²) < 4.78 is 0. The third-order valence-electron chi connectivity index (χ3n) is 3.30. The summed E-state index contributed by atoms with van der Waals surface area (Å²) in [6.07, 6.45) is 1.16. The molecule has 1 aliphatic rings. The van der Waals surface area contributed by atoms with E-state index in [1.54, 1.807) is 0 Å². The van der Waals surface area contributed by atoms with Crippen molar-refractivity contribution in [3.8, 4) is 0 Å². The number of nitrogens with one attached hydrogen (secondary N) is 2. The molecule has 0 aliphatic carbocycles. The molecule has 0 saturated heterocycles. The summed E-state index contributed by atoms with van der Waals surface area (Å²) in [6, 6.07) is 7.29. The highest BCUT2D eigenvalue weighted by molar-refractivity contribution is 5.36. The lowest BCUT2D eigenvalue weighted by Gasteiger charge is -2.30. The van der Waals surface area contributed by atoms with E-state index in [9.17, 15) is 0 Å². The SMILES string of the molecule is Cc1ccc2c(c1)CCNC2CNC(C)(C)C. The monoisotopic (exact) mass is 232 g/mol. The van der Waals surface area contributed by atoms with Gasteiger partial charge in [0.2, 0.25) is 0 Å². The second kappa shape index (κ2) is 4.79. The van der Waals surface area contributed by atoms with Crippen LogP contribution in [0, 0.1) is 6.92 Å². The van der Waals surface area contributed by atoms with Gasteiger partial charge in [-0.05, 0) is 51.8 Å². The third-order valence-corrected chi connectivity index (χ3v) is 3.30. The molecule has 17 heavy (non-hydrogen) atoms. The predicted octanol–water partition coefficient (Wildman–Crippen LogP) is 2.57. The van der Waals surface area contributed by atoms with Crippen LogP contribution in [-0.2, 0) is 6.42 Å². The number of hydrogen-bond acceptors (Lipinski definition) is 2. The highest BCUT2D eigenvalue weighted by atomic mass is 15.0. The molecule has 1 aromatic carbocycles. The van der Waals surface area contributed by atoms with Gasteiger partial charge in [0.05, 0.1) is 0 Å². The van der Waals surface area contributed by atoms with Gasteiger partial charge in [-0.2, -0.15) is 0 Å². The van der Waals surface area contributed by atoms with E-state index in [1.165, 1.54) is 16.7 Å². The van der Waals surface area contributed by atoms with Gasteiger partial charge in [0.1, 0.15) is 0 Å². The maximum Gasteiger partial charge on any atom is 0.0449 e. The van der Waals surface area contributed by atoms with Crippen molar-refractivity contribution in [2.45, 2.75) is 45.7 Å². The molecular formula is C15H24N2. The minimum absolute atomic E-state index is 0.185. The summed E-state index contributed by atoms with van der Waals surface area (Å²) in [5, 5.41) is 7.19. The molecule has 0 amide bonds. The van der Waals surface area contributed by atoms with Crippen molar-refractivity contribution in [1.82, 2.24) is 10.6 Å². The summed E-state index contributed by atoms with van der Waals surface area (Å²) in [7, 11) is 0. The van der Waals surface area contributed by atoms with Crippen LogP contribution < -0.4 is 10.6 Å². The topological polar surface area (TPSA) is 24.1 Å². The van der Waals surface area contributed by atoms with Crippen molar-refractivity contribution in [2.24, 2.45) is 0 Å². The maximum atomic E-state index is 3.60. The average molecular weight is 232 g/mol. The van der Waals surface area contributed by atoms with Crippen LogP contribution in [0.3, 0.4) is 0 Å². The second-order valence-corrected chi connectivity index (χ2v) is 6.09. The lowest BCUT2D eigenvalue weighted by Crippen LogP contribution is -2.43. The molecule has 2 heteroatoms. The van der Waals surface area contributed by atoms with E-state index < -0.39 is 0 Å². The molecule has 94 valence electrons. The van der Waals surface area contributed by atoms with Crippen LogP contribution in [0.25, 0.3) is 0 Å². The van der Waals surface area contributed by atoms with E-state index in [0.29, 0.717) is 6.04 Å². The fourth-order valence-electron chi connectivity index (χ4n) is 2.37. The quantitative estimate of drug-likeness (QED) is 0.819. The third kappa shape index (κ3) is 3.30. The van der Waals surface area contributed by atoms with Gasteiger partial charge in [-0.15, -0.1) is 0 Å². The van der Waals surface area contributed by atoms with Gasteiger partial charge in [-0.1, -0.05) is 23.8 Å². The van der Waals surface area contributed by atoms with Gasteiger partial charge in [0, 0.05) is 18.1 Å². The van der Waals surface area contributed by atoms with Gasteiger partial charge in [-0.3, -0.25) is 0 Å². The molecule has 0 saturated carbocycles. The first-order valence-corrected chi connectivity index (χ1v) is 6.53. The maximum absolute atomic E-state index is 3.60. The largest absolute Gasteiger partial charge is 0.310 e. The predicted molar refractivity (Wildman–Crippen MR) is 73.4 cm³/mol. The number of fused-ring (bicyclic) bond motifs is 1. The van der Waals surface area contributed by atoms with Gasteiger partial charge < -0.3 is 10.6 Å². The molecule has 2 N–H and O–H groups in total. The van der Waals surface area contributed by atoms with Crippen LogP contribution in [0.5, 0.6) is 0 Å². The van der Waals surface area contributed by atoms with Crippen LogP contribution in [0.2, 0.25) is 0 Å². The van der Waals surface area contributed by atoms with Crippen molar-refractivity contribution in [3.63, 3.8) is 0 Å². The van der Waals surface area contributed by atoms with Crippen LogP contribution >= 0.6 is 0 Å². The van der Waals surface area contributed by atoms with E-state index in [4.69, 9.17) is 0 Å². The minimum atomic E-state index is 0.185. The van der Waals surface area contributed by atoms with Crippen molar-refractivity contribution in [3.05, 3.63) is 34.9 Å². The lowest BCUT2D eigenvalue weighted by atomic mass is 9.92. The second-order valence-electron chi connectivity index (χ2n) is 6.09. The molecule has 0 bridgehead atoms. The highest BCUT2D eigenvalue weighted by Crippen LogP contribution is 2.23. The first-order valence-electron chi connectivity index (χ1n) is 6.53. The van der Waals surface area contributed by atoms with Crippen molar-refractivity contribution >= 4 is 0 Å². The van der Waals surface area contributed by atoms with Crippen LogP contribution in [0.15, 0.2) is 18.2 Å². The van der Waals surface area contributed by atoms with Crippen LogP contribution in [-0.4, -0.2) is 18.6 Å². The first-order chi connectivity index (χ1) is 7.96. The molecule has 2 nitrogen and oxygen atoms in total. The average Bonchev–Trinajstić information content (AvgIpc) is 2.24. The summed E-state index contributed by atoms with van der Waals surface area (Å²) in [4.78, 5) is 0. The molecule has 1 aromatic rings. The van der Waals surface area contributed by atoms with E-state index in [2.05, 4.69) is 56.5 Å². The van der Waals surface area contributed by atoms with Crippen molar-refractivity contribution in [2.75, 3.05) is 13.1 Å². The Morgan fingerprint density at radius 2 is 2.12 bits per heavy atom. The van der Waals surface area contributed by atoms with E-state index in [-0.39, 0.29) is 5.54 Å². The van der Waals surface area contributed by atoms with Crippen LogP contribution in [0.4, 0.5) is 0 Å². The zero-order valence-corrected chi connectivity index (χ0v) is 11.4. The summed E-state index contributed by atoms with van der Waals surface area (Å²) in [6.45, 7) is 10.9. The highest BCUT2D eigenvalue weighted by Gasteiger charge is 2.21. The smallest absolute Gasteiger partial charge is 0.0449 e. The Balaban J connectivity index is 2.12. The molecule has 0 aromatic heterocycles. The van der Waals surface area contributed by atoms with E-state index >= 15 is 0 Å². The molecule has 2 rings (SSSR count). The molecule has 0 fully saturated rings. The summed E-state index contributed by atoms with van der Waals surface area (Å²) >= 11 is 0. The molecule has 0 spiro atoms. The summed E-state index contributed by atoms with van der Waals surface area (Å²) in [5.74, 6) is 0. The Hall–Kier alpha value is -0.860. The normalized spacial score (nSPS) is 20.1. The molecule has 1 aliphatic heterocycles. The zero-order chi connectivity index (χ0) is 12.5. The Bertz CT molecular complexity index is 390. The first kappa shape index (κ1) is 12.6. The van der Waals surface area contributed by atoms with E-state index in [0.717, 1.165) is 19.5 Å². The standard InChI is InChI=1S/C15H24N2/c1-11-5-6-13-12(9-11)7-8-16-14(13)10-17-15(2,3)4/h5-6,9,14,16-17H,7-8,10H2,1-4H3. The molecule has 1 heterocycles. The van der Waals surface area contributed by atoms with Crippen LogP contribution in [0.1, 0.15) is 43.5 Å². The molecule has 0 radical (unpaired) electrons. The van der Waals surface area contributed by atoms with Gasteiger partial charge in [0.25, 0.3) is 0 Å². The molecular weight excluding hydrogens is 208 g/mol. The lowest BCUT2D eigenvalue weighted by molar-refractivity contribution is 0.375. The Morgan fingerprint density at radius 3 is 2.82 bits per heavy atom. The Morgan fingerprint density at radius 1 is 1.35 bits per heavy atom. The fraction of sp³-hybridized carbons (Fsp3) is 0.600. The Labute approximate surface area is 105 Å². The van der Waals surface area contributed by atoms with Gasteiger partial charge in [-0.25, -0.2) is 0 Å². The van der Waals surface area contributed by atoms with E-state index in [1.807, 2.05) is 0 Å². The number of hydrogen-bond donors (Lipinski definition) is 2. The van der Waals surface area contributed by atoms with Crippen molar-refractivity contribution < 1.29 is 0 Å². The molecule has 1 unspecified atom stereocenters.